The second-order valence-electron chi connectivity index (χ2n) is 7.05. The lowest BCUT2D eigenvalue weighted by molar-refractivity contribution is -0.136. The number of aryl methyl sites for hydroxylation is 2. The Morgan fingerprint density at radius 1 is 1.19 bits per heavy atom. The fraction of sp³-hybridized carbons (Fsp3) is 0.429. The van der Waals surface area contributed by atoms with Crippen molar-refractivity contribution in [2.24, 2.45) is 5.92 Å². The highest BCUT2D eigenvalue weighted by molar-refractivity contribution is 5.97. The first-order valence-electron chi connectivity index (χ1n) is 9.16. The van der Waals surface area contributed by atoms with Gasteiger partial charge < -0.3 is 14.4 Å². The summed E-state index contributed by atoms with van der Waals surface area (Å²) < 4.78 is 5.30. The van der Waals surface area contributed by atoms with Crippen molar-refractivity contribution in [3.8, 4) is 0 Å². The van der Waals surface area contributed by atoms with Gasteiger partial charge in [-0.25, -0.2) is 0 Å². The van der Waals surface area contributed by atoms with Gasteiger partial charge in [0.25, 0.3) is 5.91 Å². The SMILES string of the molecule is Cc1coc(CC(=O)O)c1C(=O)N1CCC(CCc2ccccc2)CC1. The summed E-state index contributed by atoms with van der Waals surface area (Å²) in [6.45, 7) is 3.22. The van der Waals surface area contributed by atoms with Crippen LogP contribution in [0.3, 0.4) is 0 Å². The number of hydrogen-bond acceptors (Lipinski definition) is 3. The third kappa shape index (κ3) is 4.34. The highest BCUT2D eigenvalue weighted by atomic mass is 16.4. The van der Waals surface area contributed by atoms with E-state index in [0.29, 0.717) is 17.0 Å². The molecule has 0 radical (unpaired) electrons. The first-order valence-corrected chi connectivity index (χ1v) is 9.16. The third-order valence-corrected chi connectivity index (χ3v) is 5.16. The molecule has 1 fully saturated rings. The Bertz CT molecular complexity index is 758. The number of hydrogen-bond donors (Lipinski definition) is 1. The molecule has 5 nitrogen and oxygen atoms in total. The van der Waals surface area contributed by atoms with Crippen molar-refractivity contribution in [3.05, 3.63) is 59.0 Å². The van der Waals surface area contributed by atoms with Gasteiger partial charge in [0.15, 0.2) is 0 Å². The van der Waals surface area contributed by atoms with Gasteiger partial charge in [0.2, 0.25) is 0 Å². The minimum absolute atomic E-state index is 0.103. The second-order valence-corrected chi connectivity index (χ2v) is 7.05. The van der Waals surface area contributed by atoms with Gasteiger partial charge in [-0.15, -0.1) is 0 Å². The Kier molecular flexibility index (Phi) is 5.76. The lowest BCUT2D eigenvalue weighted by Gasteiger charge is -2.32. The highest BCUT2D eigenvalue weighted by Crippen LogP contribution is 2.26. The molecule has 26 heavy (non-hydrogen) atoms. The molecule has 1 aliphatic rings. The molecule has 0 spiro atoms. The molecule has 1 aromatic heterocycles. The highest BCUT2D eigenvalue weighted by Gasteiger charge is 2.28. The van der Waals surface area contributed by atoms with Gasteiger partial charge in [-0.3, -0.25) is 9.59 Å². The topological polar surface area (TPSA) is 70.7 Å². The minimum atomic E-state index is -0.993. The van der Waals surface area contributed by atoms with Gasteiger partial charge in [-0.05, 0) is 44.1 Å². The summed E-state index contributed by atoms with van der Waals surface area (Å²) in [5.41, 5.74) is 2.49. The smallest absolute Gasteiger partial charge is 0.311 e. The number of nitrogens with zero attached hydrogens (tertiary/aromatic N) is 1. The Hall–Kier alpha value is -2.56. The van der Waals surface area contributed by atoms with Crippen molar-refractivity contribution in [3.63, 3.8) is 0 Å². The monoisotopic (exact) mass is 355 g/mol. The average molecular weight is 355 g/mol. The van der Waals surface area contributed by atoms with Crippen LogP contribution in [0.25, 0.3) is 0 Å². The second kappa shape index (κ2) is 8.21. The number of carboxylic acid groups (broad SMARTS) is 1. The quantitative estimate of drug-likeness (QED) is 0.858. The maximum absolute atomic E-state index is 12.8. The van der Waals surface area contributed by atoms with Crippen LogP contribution in [-0.2, 0) is 17.6 Å². The van der Waals surface area contributed by atoms with Crippen molar-refractivity contribution in [2.45, 2.75) is 39.0 Å². The molecule has 1 aromatic carbocycles. The molecule has 2 heterocycles. The number of carboxylic acids is 1. The van der Waals surface area contributed by atoms with E-state index in [-0.39, 0.29) is 18.1 Å². The molecule has 1 amide bonds. The lowest BCUT2D eigenvalue weighted by Crippen LogP contribution is -2.39. The Balaban J connectivity index is 1.55. The molecule has 1 N–H and O–H groups in total. The molecule has 138 valence electrons. The normalized spacial score (nSPS) is 15.2. The maximum Gasteiger partial charge on any atom is 0.311 e. The van der Waals surface area contributed by atoms with E-state index < -0.39 is 5.97 Å². The number of piperidine rings is 1. The predicted molar refractivity (Wildman–Crippen MR) is 98.2 cm³/mol. The summed E-state index contributed by atoms with van der Waals surface area (Å²) in [4.78, 5) is 25.7. The van der Waals surface area contributed by atoms with Gasteiger partial charge in [0.05, 0.1) is 11.8 Å². The first-order chi connectivity index (χ1) is 12.5. The Morgan fingerprint density at radius 2 is 1.88 bits per heavy atom. The van der Waals surface area contributed by atoms with E-state index >= 15 is 0 Å². The molecule has 0 bridgehead atoms. The molecule has 5 heteroatoms. The zero-order valence-corrected chi connectivity index (χ0v) is 15.1. The van der Waals surface area contributed by atoms with Gasteiger partial charge in [0.1, 0.15) is 12.2 Å². The summed E-state index contributed by atoms with van der Waals surface area (Å²) in [6.07, 6.45) is 5.40. The van der Waals surface area contributed by atoms with E-state index in [1.165, 1.54) is 11.8 Å². The molecule has 1 saturated heterocycles. The van der Waals surface area contributed by atoms with E-state index in [0.717, 1.165) is 38.8 Å². The van der Waals surface area contributed by atoms with E-state index in [1.807, 2.05) is 11.0 Å². The first kappa shape index (κ1) is 18.2. The summed E-state index contributed by atoms with van der Waals surface area (Å²) in [6, 6.07) is 10.5. The molecule has 1 aliphatic heterocycles. The molecular weight excluding hydrogens is 330 g/mol. The standard InChI is InChI=1S/C21H25NO4/c1-15-14-26-18(13-19(23)24)20(15)21(25)22-11-9-17(10-12-22)8-7-16-5-3-2-4-6-16/h2-6,14,17H,7-13H2,1H3,(H,23,24). The van der Waals surface area contributed by atoms with Crippen LogP contribution in [0.4, 0.5) is 0 Å². The number of benzene rings is 1. The van der Waals surface area contributed by atoms with Crippen molar-refractivity contribution in [1.29, 1.82) is 0 Å². The largest absolute Gasteiger partial charge is 0.481 e. The van der Waals surface area contributed by atoms with Gasteiger partial charge in [-0.2, -0.15) is 0 Å². The number of rotatable bonds is 6. The van der Waals surface area contributed by atoms with E-state index in [2.05, 4.69) is 24.3 Å². The summed E-state index contributed by atoms with van der Waals surface area (Å²) >= 11 is 0. The molecule has 3 rings (SSSR count). The zero-order valence-electron chi connectivity index (χ0n) is 15.1. The molecule has 0 aliphatic carbocycles. The van der Waals surface area contributed by atoms with Gasteiger partial charge in [-0.1, -0.05) is 30.3 Å². The van der Waals surface area contributed by atoms with Crippen molar-refractivity contribution in [1.82, 2.24) is 4.90 Å². The van der Waals surface area contributed by atoms with Gasteiger partial charge >= 0.3 is 5.97 Å². The van der Waals surface area contributed by atoms with Crippen LogP contribution in [0.15, 0.2) is 41.0 Å². The molecule has 0 atom stereocenters. The van der Waals surface area contributed by atoms with Crippen LogP contribution in [-0.4, -0.2) is 35.0 Å². The van der Waals surface area contributed by atoms with Crippen LogP contribution in [0.2, 0.25) is 0 Å². The summed E-state index contributed by atoms with van der Waals surface area (Å²) in [7, 11) is 0. The third-order valence-electron chi connectivity index (χ3n) is 5.16. The van der Waals surface area contributed by atoms with Crippen LogP contribution in [0.5, 0.6) is 0 Å². The Labute approximate surface area is 153 Å². The number of likely N-dealkylation sites (tertiary alicyclic amines) is 1. The van der Waals surface area contributed by atoms with Crippen LogP contribution >= 0.6 is 0 Å². The lowest BCUT2D eigenvalue weighted by atomic mass is 9.90. The number of aliphatic carboxylic acids is 1. The van der Waals surface area contributed by atoms with Crippen molar-refractivity contribution >= 4 is 11.9 Å². The molecule has 0 unspecified atom stereocenters. The van der Waals surface area contributed by atoms with E-state index in [4.69, 9.17) is 9.52 Å². The fourth-order valence-electron chi connectivity index (χ4n) is 3.65. The summed E-state index contributed by atoms with van der Waals surface area (Å²) in [5.74, 6) is -0.212. The summed E-state index contributed by atoms with van der Waals surface area (Å²) in [5, 5.41) is 9.00. The Morgan fingerprint density at radius 3 is 2.54 bits per heavy atom. The number of furan rings is 1. The minimum Gasteiger partial charge on any atom is -0.481 e. The zero-order chi connectivity index (χ0) is 18.5. The average Bonchev–Trinajstić information content (AvgIpc) is 3.00. The number of carbonyl (C=O) groups is 2. The van der Waals surface area contributed by atoms with E-state index in [1.54, 1.807) is 6.92 Å². The molecular formula is C21H25NO4. The van der Waals surface area contributed by atoms with E-state index in [9.17, 15) is 9.59 Å². The van der Waals surface area contributed by atoms with Crippen LogP contribution < -0.4 is 0 Å². The fourth-order valence-corrected chi connectivity index (χ4v) is 3.65. The van der Waals surface area contributed by atoms with Crippen molar-refractivity contribution < 1.29 is 19.1 Å². The number of amides is 1. The number of carbonyl (C=O) groups excluding carboxylic acids is 1. The maximum atomic E-state index is 12.8. The predicted octanol–water partition coefficient (Wildman–Crippen LogP) is 3.70. The van der Waals surface area contributed by atoms with Gasteiger partial charge in [0, 0.05) is 18.7 Å². The van der Waals surface area contributed by atoms with Crippen LogP contribution in [0, 0.1) is 12.8 Å². The van der Waals surface area contributed by atoms with Crippen LogP contribution in [0.1, 0.15) is 46.5 Å². The van der Waals surface area contributed by atoms with Crippen molar-refractivity contribution in [2.75, 3.05) is 13.1 Å². The molecule has 0 saturated carbocycles. The molecule has 2 aromatic rings.